The lowest BCUT2D eigenvalue weighted by Crippen LogP contribution is -2.47. The standard InChI is InChI=1S/C16H20N4O3/c1-9-3-11(15(21)22)8-20(7-9)16(23)18-12-4-10(2)13-6-17-19-14(13)5-12/h4-6,9,11H,3,7-8H2,1-2H3,(H,17,19)(H,18,23)(H,21,22). The number of urea groups is 1. The number of aromatic nitrogens is 2. The number of hydrogen-bond acceptors (Lipinski definition) is 3. The number of piperidine rings is 1. The number of carboxylic acids is 1. The van der Waals surface area contributed by atoms with Gasteiger partial charge >= 0.3 is 12.0 Å². The Bertz CT molecular complexity index is 755. The number of aromatic amines is 1. The summed E-state index contributed by atoms with van der Waals surface area (Å²) in [5.41, 5.74) is 2.55. The van der Waals surface area contributed by atoms with Gasteiger partial charge in [-0.25, -0.2) is 4.79 Å². The van der Waals surface area contributed by atoms with Gasteiger partial charge in [0, 0.05) is 24.2 Å². The van der Waals surface area contributed by atoms with E-state index in [4.69, 9.17) is 0 Å². The first-order valence-electron chi connectivity index (χ1n) is 7.66. The van der Waals surface area contributed by atoms with Crippen molar-refractivity contribution in [3.63, 3.8) is 0 Å². The molecule has 0 radical (unpaired) electrons. The van der Waals surface area contributed by atoms with Crippen molar-refractivity contribution in [1.29, 1.82) is 0 Å². The minimum atomic E-state index is -0.843. The molecule has 122 valence electrons. The van der Waals surface area contributed by atoms with E-state index in [0.29, 0.717) is 18.7 Å². The van der Waals surface area contributed by atoms with Crippen molar-refractivity contribution in [3.8, 4) is 0 Å². The quantitative estimate of drug-likeness (QED) is 0.792. The molecule has 2 atom stereocenters. The van der Waals surface area contributed by atoms with Gasteiger partial charge in [-0.1, -0.05) is 6.92 Å². The number of amides is 2. The third-order valence-corrected chi connectivity index (χ3v) is 4.31. The smallest absolute Gasteiger partial charge is 0.321 e. The van der Waals surface area contributed by atoms with Crippen molar-refractivity contribution in [2.45, 2.75) is 20.3 Å². The van der Waals surface area contributed by atoms with Crippen LogP contribution in [-0.4, -0.2) is 45.3 Å². The Hall–Kier alpha value is -2.57. The predicted molar refractivity (Wildman–Crippen MR) is 86.3 cm³/mol. The lowest BCUT2D eigenvalue weighted by atomic mass is 9.91. The summed E-state index contributed by atoms with van der Waals surface area (Å²) < 4.78 is 0. The molecule has 23 heavy (non-hydrogen) atoms. The number of aliphatic carboxylic acids is 1. The zero-order chi connectivity index (χ0) is 16.6. The Labute approximate surface area is 133 Å². The molecule has 1 saturated heterocycles. The van der Waals surface area contributed by atoms with Gasteiger partial charge in [0.25, 0.3) is 0 Å². The van der Waals surface area contributed by atoms with Gasteiger partial charge in [0.1, 0.15) is 0 Å². The van der Waals surface area contributed by atoms with Crippen LogP contribution in [0.3, 0.4) is 0 Å². The van der Waals surface area contributed by atoms with E-state index in [-0.39, 0.29) is 18.5 Å². The van der Waals surface area contributed by atoms with E-state index in [0.717, 1.165) is 16.5 Å². The van der Waals surface area contributed by atoms with E-state index in [9.17, 15) is 14.7 Å². The number of rotatable bonds is 2. The maximum atomic E-state index is 12.5. The molecule has 2 aromatic rings. The van der Waals surface area contributed by atoms with Gasteiger partial charge in [0.05, 0.1) is 17.6 Å². The molecular formula is C16H20N4O3. The van der Waals surface area contributed by atoms with Crippen molar-refractivity contribution in [2.24, 2.45) is 11.8 Å². The number of likely N-dealkylation sites (tertiary alicyclic amines) is 1. The monoisotopic (exact) mass is 316 g/mol. The summed E-state index contributed by atoms with van der Waals surface area (Å²) in [6, 6.07) is 3.45. The summed E-state index contributed by atoms with van der Waals surface area (Å²) >= 11 is 0. The molecule has 0 spiro atoms. The second-order valence-corrected chi connectivity index (χ2v) is 6.34. The number of carbonyl (C=O) groups is 2. The minimum absolute atomic E-state index is 0.174. The third-order valence-electron chi connectivity index (χ3n) is 4.31. The first-order valence-corrected chi connectivity index (χ1v) is 7.66. The van der Waals surface area contributed by atoms with Crippen LogP contribution in [-0.2, 0) is 4.79 Å². The molecule has 7 nitrogen and oxygen atoms in total. The molecule has 2 unspecified atom stereocenters. The fourth-order valence-corrected chi connectivity index (χ4v) is 3.20. The molecule has 0 saturated carbocycles. The van der Waals surface area contributed by atoms with Crippen molar-refractivity contribution in [2.75, 3.05) is 18.4 Å². The van der Waals surface area contributed by atoms with Crippen molar-refractivity contribution in [1.82, 2.24) is 15.1 Å². The molecule has 1 fully saturated rings. The largest absolute Gasteiger partial charge is 0.481 e. The van der Waals surface area contributed by atoms with Crippen molar-refractivity contribution < 1.29 is 14.7 Å². The van der Waals surface area contributed by atoms with E-state index in [2.05, 4.69) is 15.5 Å². The number of aryl methyl sites for hydroxylation is 1. The number of H-pyrrole nitrogens is 1. The summed E-state index contributed by atoms with van der Waals surface area (Å²) in [5, 5.41) is 20.0. The van der Waals surface area contributed by atoms with E-state index >= 15 is 0 Å². The fourth-order valence-electron chi connectivity index (χ4n) is 3.20. The number of nitrogens with one attached hydrogen (secondary N) is 2. The van der Waals surface area contributed by atoms with Gasteiger partial charge in [-0.2, -0.15) is 5.10 Å². The number of carbonyl (C=O) groups excluding carboxylic acids is 1. The predicted octanol–water partition coefficient (Wildman–Crippen LogP) is 2.45. The molecule has 7 heteroatoms. The summed E-state index contributed by atoms with van der Waals surface area (Å²) in [7, 11) is 0. The number of hydrogen-bond donors (Lipinski definition) is 3. The lowest BCUT2D eigenvalue weighted by molar-refractivity contribution is -0.143. The summed E-state index contributed by atoms with van der Waals surface area (Å²) in [5.74, 6) is -1.17. The van der Waals surface area contributed by atoms with Crippen molar-refractivity contribution >= 4 is 28.6 Å². The number of benzene rings is 1. The van der Waals surface area contributed by atoms with Crippen LogP contribution in [0.4, 0.5) is 10.5 Å². The van der Waals surface area contributed by atoms with E-state index in [1.54, 1.807) is 11.1 Å². The fraction of sp³-hybridized carbons (Fsp3) is 0.438. The van der Waals surface area contributed by atoms with Crippen LogP contribution in [0.25, 0.3) is 10.9 Å². The molecule has 1 aliphatic rings. The molecule has 1 aromatic carbocycles. The van der Waals surface area contributed by atoms with Gasteiger partial charge in [-0.3, -0.25) is 9.89 Å². The Balaban J connectivity index is 1.75. The van der Waals surface area contributed by atoms with Crippen LogP contribution in [0, 0.1) is 18.8 Å². The molecule has 2 heterocycles. The first-order chi connectivity index (χ1) is 10.9. The molecule has 0 bridgehead atoms. The van der Waals surface area contributed by atoms with E-state index in [1.807, 2.05) is 26.0 Å². The topological polar surface area (TPSA) is 98.3 Å². The van der Waals surface area contributed by atoms with Gasteiger partial charge in [-0.05, 0) is 37.0 Å². The zero-order valence-corrected chi connectivity index (χ0v) is 13.2. The maximum Gasteiger partial charge on any atom is 0.321 e. The van der Waals surface area contributed by atoms with E-state index in [1.165, 1.54) is 0 Å². The van der Waals surface area contributed by atoms with Gasteiger partial charge in [-0.15, -0.1) is 0 Å². The Kier molecular flexibility index (Phi) is 3.94. The molecule has 2 amide bonds. The molecule has 3 N–H and O–H groups in total. The summed E-state index contributed by atoms with van der Waals surface area (Å²) in [6.07, 6.45) is 2.36. The molecule has 0 aliphatic carbocycles. The van der Waals surface area contributed by atoms with Crippen LogP contribution in [0.1, 0.15) is 18.9 Å². The third kappa shape index (κ3) is 3.13. The van der Waals surface area contributed by atoms with Gasteiger partial charge < -0.3 is 15.3 Å². The van der Waals surface area contributed by atoms with Gasteiger partial charge in [0.2, 0.25) is 0 Å². The average molecular weight is 316 g/mol. The molecular weight excluding hydrogens is 296 g/mol. The van der Waals surface area contributed by atoms with Crippen molar-refractivity contribution in [3.05, 3.63) is 23.9 Å². The second-order valence-electron chi connectivity index (χ2n) is 6.34. The van der Waals surface area contributed by atoms with Crippen LogP contribution >= 0.6 is 0 Å². The number of nitrogens with zero attached hydrogens (tertiary/aromatic N) is 2. The number of anilines is 1. The molecule has 3 rings (SSSR count). The van der Waals surface area contributed by atoms with E-state index < -0.39 is 11.9 Å². The van der Waals surface area contributed by atoms with Gasteiger partial charge in [0.15, 0.2) is 0 Å². The number of carboxylic acid groups (broad SMARTS) is 1. The highest BCUT2D eigenvalue weighted by Crippen LogP contribution is 2.24. The Morgan fingerprint density at radius 1 is 1.39 bits per heavy atom. The normalized spacial score (nSPS) is 21.4. The summed E-state index contributed by atoms with van der Waals surface area (Å²) in [6.45, 7) is 4.74. The van der Waals surface area contributed by atoms with Crippen LogP contribution in [0.15, 0.2) is 18.3 Å². The second kappa shape index (κ2) is 5.91. The van der Waals surface area contributed by atoms with Crippen LogP contribution in [0.5, 0.6) is 0 Å². The first kappa shape index (κ1) is 15.3. The molecule has 1 aromatic heterocycles. The average Bonchev–Trinajstić information content (AvgIpc) is 2.95. The highest BCUT2D eigenvalue weighted by molar-refractivity contribution is 5.93. The SMILES string of the molecule is Cc1cc(NC(=O)N2CC(C)CC(C(=O)O)C2)cc2[nH]ncc12. The zero-order valence-electron chi connectivity index (χ0n) is 13.2. The Morgan fingerprint density at radius 2 is 2.17 bits per heavy atom. The molecule has 1 aliphatic heterocycles. The lowest BCUT2D eigenvalue weighted by Gasteiger charge is -2.34. The maximum absolute atomic E-state index is 12.5. The summed E-state index contributed by atoms with van der Waals surface area (Å²) in [4.78, 5) is 25.3. The van der Waals surface area contributed by atoms with Crippen LogP contribution in [0.2, 0.25) is 0 Å². The van der Waals surface area contributed by atoms with Crippen LogP contribution < -0.4 is 5.32 Å². The highest BCUT2D eigenvalue weighted by atomic mass is 16.4. The minimum Gasteiger partial charge on any atom is -0.481 e. The Morgan fingerprint density at radius 3 is 2.91 bits per heavy atom. The number of fused-ring (bicyclic) bond motifs is 1. The highest BCUT2D eigenvalue weighted by Gasteiger charge is 2.31.